The Labute approximate surface area is 239 Å². The zero-order valence-corrected chi connectivity index (χ0v) is 23.3. The molecule has 0 aliphatic carbocycles. The maximum absolute atomic E-state index is 13.5. The molecule has 202 valence electrons. The number of thioether (sulfide) groups is 1. The Bertz CT molecular complexity index is 1720. The number of aryl methyl sites for hydroxylation is 1. The first-order chi connectivity index (χ1) is 19.1. The first-order valence-corrected chi connectivity index (χ1v) is 14.6. The summed E-state index contributed by atoms with van der Waals surface area (Å²) >= 11 is 6.91. The van der Waals surface area contributed by atoms with Gasteiger partial charge in [-0.15, -0.1) is 0 Å². The van der Waals surface area contributed by atoms with Crippen molar-refractivity contribution >= 4 is 62.3 Å². The van der Waals surface area contributed by atoms with Crippen molar-refractivity contribution in [1.29, 1.82) is 0 Å². The number of halogens is 2. The molecule has 1 heterocycles. The number of rotatable bonds is 8. The lowest BCUT2D eigenvalue weighted by Crippen LogP contribution is -2.32. The van der Waals surface area contributed by atoms with Crippen molar-refractivity contribution in [2.24, 2.45) is 0 Å². The summed E-state index contributed by atoms with van der Waals surface area (Å²) in [7, 11) is -3.84. The molecular formula is C29H21ClFN3O4S2. The third-order valence-electron chi connectivity index (χ3n) is 5.90. The third kappa shape index (κ3) is 5.89. The van der Waals surface area contributed by atoms with Crippen LogP contribution in [0.1, 0.15) is 5.56 Å². The van der Waals surface area contributed by atoms with Crippen LogP contribution in [0.3, 0.4) is 0 Å². The van der Waals surface area contributed by atoms with Gasteiger partial charge in [0.1, 0.15) is 16.4 Å². The number of anilines is 3. The van der Waals surface area contributed by atoms with Gasteiger partial charge in [0.25, 0.3) is 21.8 Å². The number of hydrogen-bond acceptors (Lipinski definition) is 6. The molecule has 0 atom stereocenters. The molecule has 0 fully saturated rings. The second-order valence-electron chi connectivity index (χ2n) is 8.80. The van der Waals surface area contributed by atoms with Crippen LogP contribution >= 0.6 is 23.4 Å². The summed E-state index contributed by atoms with van der Waals surface area (Å²) in [4.78, 5) is 28.9. The Hall–Kier alpha value is -4.12. The molecule has 0 radical (unpaired) electrons. The highest BCUT2D eigenvalue weighted by Gasteiger charge is 2.40. The minimum atomic E-state index is -3.84. The molecule has 11 heteroatoms. The van der Waals surface area contributed by atoms with Crippen LogP contribution in [0.4, 0.5) is 21.5 Å². The van der Waals surface area contributed by atoms with Crippen molar-refractivity contribution in [3.05, 3.63) is 124 Å². The molecular weight excluding hydrogens is 573 g/mol. The van der Waals surface area contributed by atoms with Gasteiger partial charge in [0.15, 0.2) is 0 Å². The van der Waals surface area contributed by atoms with Crippen molar-refractivity contribution < 1.29 is 22.4 Å². The number of sulfonamides is 1. The van der Waals surface area contributed by atoms with E-state index in [1.165, 1.54) is 48.5 Å². The van der Waals surface area contributed by atoms with E-state index in [1.807, 2.05) is 6.92 Å². The second kappa shape index (κ2) is 11.2. The highest BCUT2D eigenvalue weighted by molar-refractivity contribution is 8.04. The van der Waals surface area contributed by atoms with Crippen LogP contribution < -0.4 is 14.9 Å². The van der Waals surface area contributed by atoms with Gasteiger partial charge in [-0.2, -0.15) is 0 Å². The predicted octanol–water partition coefficient (Wildman–Crippen LogP) is 6.58. The van der Waals surface area contributed by atoms with Crippen molar-refractivity contribution in [3.8, 4) is 0 Å². The molecule has 0 aromatic heterocycles. The summed E-state index contributed by atoms with van der Waals surface area (Å²) in [5.41, 5.74) is 2.19. The van der Waals surface area contributed by atoms with E-state index in [0.29, 0.717) is 27.0 Å². The maximum atomic E-state index is 13.5. The Morgan fingerprint density at radius 3 is 2.00 bits per heavy atom. The molecule has 0 unspecified atom stereocenters. The Balaban J connectivity index is 1.42. The lowest BCUT2D eigenvalue weighted by Gasteiger charge is -2.15. The van der Waals surface area contributed by atoms with Crippen molar-refractivity contribution in [2.45, 2.75) is 16.7 Å². The molecule has 7 nitrogen and oxygen atoms in total. The van der Waals surface area contributed by atoms with Crippen molar-refractivity contribution in [1.82, 2.24) is 0 Å². The smallest absolute Gasteiger partial charge is 0.283 e. The summed E-state index contributed by atoms with van der Waals surface area (Å²) in [6, 6.07) is 24.6. The molecule has 0 saturated heterocycles. The molecule has 1 aliphatic rings. The average Bonchev–Trinajstić information content (AvgIpc) is 3.15. The number of nitrogens with zero attached hydrogens (tertiary/aromatic N) is 1. The Kier molecular flexibility index (Phi) is 7.66. The fraction of sp³-hybridized carbons (Fsp3) is 0.0345. The van der Waals surface area contributed by atoms with E-state index in [-0.39, 0.29) is 15.5 Å². The van der Waals surface area contributed by atoms with Gasteiger partial charge in [0, 0.05) is 21.3 Å². The summed E-state index contributed by atoms with van der Waals surface area (Å²) < 4.78 is 41.3. The van der Waals surface area contributed by atoms with Crippen molar-refractivity contribution in [3.63, 3.8) is 0 Å². The number of carbonyl (C=O) groups is 2. The maximum Gasteiger partial charge on any atom is 0.283 e. The second-order valence-corrected chi connectivity index (χ2v) is 12.0. The third-order valence-corrected chi connectivity index (χ3v) is 8.64. The van der Waals surface area contributed by atoms with Crippen LogP contribution in [-0.4, -0.2) is 20.2 Å². The molecule has 5 rings (SSSR count). The van der Waals surface area contributed by atoms with Gasteiger partial charge in [-0.1, -0.05) is 41.1 Å². The minimum Gasteiger partial charge on any atom is -0.350 e. The van der Waals surface area contributed by atoms with E-state index in [0.717, 1.165) is 22.2 Å². The highest BCUT2D eigenvalue weighted by Crippen LogP contribution is 2.38. The van der Waals surface area contributed by atoms with Crippen LogP contribution in [0.2, 0.25) is 5.02 Å². The zero-order valence-electron chi connectivity index (χ0n) is 20.9. The van der Waals surface area contributed by atoms with Gasteiger partial charge in [-0.05, 0) is 91.9 Å². The van der Waals surface area contributed by atoms with Gasteiger partial charge in [-0.3, -0.25) is 14.3 Å². The summed E-state index contributed by atoms with van der Waals surface area (Å²) in [6.45, 7) is 1.90. The van der Waals surface area contributed by atoms with Crippen LogP contribution in [0.25, 0.3) is 0 Å². The van der Waals surface area contributed by atoms with E-state index in [1.54, 1.807) is 48.5 Å². The van der Waals surface area contributed by atoms with Crippen molar-refractivity contribution in [2.75, 3.05) is 14.9 Å². The van der Waals surface area contributed by atoms with E-state index in [4.69, 9.17) is 11.6 Å². The lowest BCUT2D eigenvalue weighted by atomic mass is 10.2. The number of carbonyl (C=O) groups excluding carboxylic acids is 2. The largest absolute Gasteiger partial charge is 0.350 e. The van der Waals surface area contributed by atoms with E-state index >= 15 is 0 Å². The predicted molar refractivity (Wildman–Crippen MR) is 155 cm³/mol. The molecule has 1 aliphatic heterocycles. The van der Waals surface area contributed by atoms with Crippen LogP contribution in [-0.2, 0) is 19.6 Å². The van der Waals surface area contributed by atoms with Gasteiger partial charge in [0.05, 0.1) is 10.6 Å². The monoisotopic (exact) mass is 593 g/mol. The van der Waals surface area contributed by atoms with Gasteiger partial charge in [0.2, 0.25) is 0 Å². The lowest BCUT2D eigenvalue weighted by molar-refractivity contribution is -0.120. The number of nitrogens with one attached hydrogen (secondary N) is 2. The number of imide groups is 1. The molecule has 4 aromatic carbocycles. The number of benzene rings is 4. The fourth-order valence-electron chi connectivity index (χ4n) is 3.86. The van der Waals surface area contributed by atoms with E-state index < -0.39 is 27.7 Å². The molecule has 2 N–H and O–H groups in total. The minimum absolute atomic E-state index is 0.0506. The van der Waals surface area contributed by atoms with Crippen LogP contribution in [0, 0.1) is 12.7 Å². The summed E-state index contributed by atoms with van der Waals surface area (Å²) in [5.74, 6) is -1.50. The average molecular weight is 594 g/mol. The molecule has 0 saturated carbocycles. The zero-order chi connectivity index (χ0) is 28.4. The van der Waals surface area contributed by atoms with Crippen LogP contribution in [0.15, 0.2) is 117 Å². The SMILES string of the molecule is Cc1ccc(N2C(=O)C(Nc3ccc(F)cc3)=C(Sc3ccc(NS(=O)(=O)c4ccc(Cl)cc4)cc3)C2=O)cc1. The summed E-state index contributed by atoms with van der Waals surface area (Å²) in [5, 5.41) is 3.39. The van der Waals surface area contributed by atoms with E-state index in [2.05, 4.69) is 10.0 Å². The van der Waals surface area contributed by atoms with Gasteiger partial charge < -0.3 is 5.32 Å². The Morgan fingerprint density at radius 1 is 0.775 bits per heavy atom. The van der Waals surface area contributed by atoms with Crippen LogP contribution in [0.5, 0.6) is 0 Å². The van der Waals surface area contributed by atoms with Gasteiger partial charge >= 0.3 is 0 Å². The molecule has 0 spiro atoms. The highest BCUT2D eigenvalue weighted by atomic mass is 35.5. The van der Waals surface area contributed by atoms with E-state index in [9.17, 15) is 22.4 Å². The normalized spacial score (nSPS) is 13.6. The Morgan fingerprint density at radius 2 is 1.38 bits per heavy atom. The first-order valence-electron chi connectivity index (χ1n) is 11.9. The molecule has 2 amide bonds. The molecule has 40 heavy (non-hydrogen) atoms. The number of hydrogen-bond donors (Lipinski definition) is 2. The standard InChI is InChI=1S/C29H21ClFN3O4S2/c1-18-2-12-23(13-3-18)34-28(35)26(32-21-8-6-20(31)7-9-21)27(29(34)36)39-24-14-10-22(11-15-24)33-40(37,38)25-16-4-19(30)5-17-25/h2-17,32-33H,1H3. The summed E-state index contributed by atoms with van der Waals surface area (Å²) in [6.07, 6.45) is 0. The molecule has 4 aromatic rings. The topological polar surface area (TPSA) is 95.6 Å². The number of amides is 2. The quantitative estimate of drug-likeness (QED) is 0.224. The first kappa shape index (κ1) is 27.4. The molecule has 0 bridgehead atoms. The fourth-order valence-corrected chi connectivity index (χ4v) is 5.97. The van der Waals surface area contributed by atoms with Gasteiger partial charge in [-0.25, -0.2) is 17.7 Å².